The number of carboxylic acids is 1. The Morgan fingerprint density at radius 1 is 1.31 bits per heavy atom. The Morgan fingerprint density at radius 3 is 2.46 bits per heavy atom. The minimum Gasteiger partial charge on any atom is -0.480 e. The van der Waals surface area contributed by atoms with Crippen LogP contribution in [0.1, 0.15) is 22.3 Å². The Bertz CT molecular complexity index is 740. The van der Waals surface area contributed by atoms with E-state index >= 15 is 0 Å². The highest BCUT2D eigenvalue weighted by atomic mass is 32.2. The zero-order valence-electron chi connectivity index (χ0n) is 15.9. The molecular formula is C18H28N2O5S. The maximum Gasteiger partial charge on any atom is 0.318 e. The van der Waals surface area contributed by atoms with Crippen LogP contribution in [0.2, 0.25) is 0 Å². The van der Waals surface area contributed by atoms with E-state index < -0.39 is 22.5 Å². The van der Waals surface area contributed by atoms with E-state index in [2.05, 4.69) is 37.8 Å². The zero-order chi connectivity index (χ0) is 19.5. The van der Waals surface area contributed by atoms with Gasteiger partial charge >= 0.3 is 5.97 Å². The van der Waals surface area contributed by atoms with E-state index in [4.69, 9.17) is 9.84 Å². The zero-order valence-corrected chi connectivity index (χ0v) is 16.7. The number of morpholine rings is 1. The monoisotopic (exact) mass is 384 g/mol. The molecule has 1 atom stereocenters. The molecule has 1 aliphatic rings. The van der Waals surface area contributed by atoms with Gasteiger partial charge in [0.05, 0.1) is 19.0 Å². The van der Waals surface area contributed by atoms with Crippen molar-refractivity contribution in [2.24, 2.45) is 0 Å². The third kappa shape index (κ3) is 5.77. The summed E-state index contributed by atoms with van der Waals surface area (Å²) in [6.45, 7) is 8.39. The van der Waals surface area contributed by atoms with Crippen molar-refractivity contribution >= 4 is 16.0 Å². The lowest BCUT2D eigenvalue weighted by Gasteiger charge is -2.35. The van der Waals surface area contributed by atoms with Gasteiger partial charge in [0, 0.05) is 26.2 Å². The summed E-state index contributed by atoms with van der Waals surface area (Å²) in [6.07, 6.45) is 0.680. The molecule has 1 aromatic carbocycles. The van der Waals surface area contributed by atoms with Crippen LogP contribution in [-0.4, -0.2) is 73.8 Å². The second-order valence-electron chi connectivity index (χ2n) is 7.05. The van der Waals surface area contributed by atoms with Gasteiger partial charge in [0.2, 0.25) is 10.0 Å². The lowest BCUT2D eigenvalue weighted by atomic mass is 9.99. The van der Waals surface area contributed by atoms with Gasteiger partial charge in [-0.25, -0.2) is 8.42 Å². The molecule has 0 bridgehead atoms. The average Bonchev–Trinajstić information content (AvgIpc) is 2.49. The minimum atomic E-state index is -3.60. The van der Waals surface area contributed by atoms with E-state index in [1.165, 1.54) is 22.3 Å². The fourth-order valence-corrected chi connectivity index (χ4v) is 4.19. The highest BCUT2D eigenvalue weighted by Crippen LogP contribution is 2.20. The smallest absolute Gasteiger partial charge is 0.318 e. The molecule has 1 N–H and O–H groups in total. The molecule has 0 radical (unpaired) electrons. The third-order valence-corrected chi connectivity index (χ3v) is 5.85. The fraction of sp³-hybridized carbons (Fsp3) is 0.611. The van der Waals surface area contributed by atoms with Crippen molar-refractivity contribution in [3.05, 3.63) is 34.4 Å². The lowest BCUT2D eigenvalue weighted by Crippen LogP contribution is -2.49. The van der Waals surface area contributed by atoms with E-state index in [-0.39, 0.29) is 12.6 Å². The number of nitrogens with zero attached hydrogens (tertiary/aromatic N) is 2. The van der Waals surface area contributed by atoms with Gasteiger partial charge in [0.1, 0.15) is 6.54 Å². The molecule has 1 aliphatic heterocycles. The summed E-state index contributed by atoms with van der Waals surface area (Å²) >= 11 is 0. The van der Waals surface area contributed by atoms with Gasteiger partial charge < -0.3 is 9.84 Å². The summed E-state index contributed by atoms with van der Waals surface area (Å²) in [5.74, 6) is -1.17. The van der Waals surface area contributed by atoms with E-state index in [0.717, 1.165) is 23.7 Å². The van der Waals surface area contributed by atoms with Gasteiger partial charge in [-0.05, 0) is 37.5 Å². The van der Waals surface area contributed by atoms with E-state index in [1.54, 1.807) is 0 Å². The molecule has 1 aromatic rings. The van der Waals surface area contributed by atoms with Crippen LogP contribution < -0.4 is 0 Å². The molecule has 1 unspecified atom stereocenters. The van der Waals surface area contributed by atoms with Gasteiger partial charge in [-0.15, -0.1) is 0 Å². The Kier molecular flexibility index (Phi) is 6.79. The molecule has 1 fully saturated rings. The molecule has 2 rings (SSSR count). The fourth-order valence-electron chi connectivity index (χ4n) is 3.41. The number of aryl methyl sites for hydroxylation is 3. The molecule has 1 saturated heterocycles. The van der Waals surface area contributed by atoms with Gasteiger partial charge in [0.25, 0.3) is 0 Å². The SMILES string of the molecule is Cc1cc(C)c(CN2CCOC(CN(CC(=O)O)S(C)(=O)=O)C2)c(C)c1. The van der Waals surface area contributed by atoms with Crippen molar-refractivity contribution in [1.82, 2.24) is 9.21 Å². The standard InChI is InChI=1S/C18H28N2O5S/c1-13-7-14(2)17(15(3)8-13)11-19-5-6-25-16(9-19)10-20(12-18(21)22)26(4,23)24/h7-8,16H,5-6,9-12H2,1-4H3,(H,21,22). The summed E-state index contributed by atoms with van der Waals surface area (Å²) in [5.41, 5.74) is 5.01. The van der Waals surface area contributed by atoms with E-state index in [9.17, 15) is 13.2 Å². The largest absolute Gasteiger partial charge is 0.480 e. The molecule has 0 spiro atoms. The molecule has 26 heavy (non-hydrogen) atoms. The highest BCUT2D eigenvalue weighted by molar-refractivity contribution is 7.88. The Balaban J connectivity index is 2.06. The molecular weight excluding hydrogens is 356 g/mol. The number of benzene rings is 1. The minimum absolute atomic E-state index is 0.0491. The summed E-state index contributed by atoms with van der Waals surface area (Å²) in [7, 11) is -3.60. The van der Waals surface area contributed by atoms with Crippen molar-refractivity contribution in [1.29, 1.82) is 0 Å². The van der Waals surface area contributed by atoms with Crippen molar-refractivity contribution in [2.45, 2.75) is 33.4 Å². The number of carboxylic acid groups (broad SMARTS) is 1. The topological polar surface area (TPSA) is 87.2 Å². The van der Waals surface area contributed by atoms with Gasteiger partial charge in [-0.3, -0.25) is 9.69 Å². The summed E-state index contributed by atoms with van der Waals surface area (Å²) in [4.78, 5) is 13.2. The van der Waals surface area contributed by atoms with Crippen LogP contribution in [0.4, 0.5) is 0 Å². The molecule has 7 nitrogen and oxygen atoms in total. The first-order valence-electron chi connectivity index (χ1n) is 8.64. The van der Waals surface area contributed by atoms with Crippen molar-refractivity contribution in [2.75, 3.05) is 39.0 Å². The van der Waals surface area contributed by atoms with E-state index in [1.807, 2.05) is 0 Å². The molecule has 0 amide bonds. The molecule has 8 heteroatoms. The van der Waals surface area contributed by atoms with E-state index in [0.29, 0.717) is 13.2 Å². The number of sulfonamides is 1. The third-order valence-electron chi connectivity index (χ3n) is 4.63. The maximum absolute atomic E-state index is 11.8. The number of ether oxygens (including phenoxy) is 1. The molecule has 0 aliphatic carbocycles. The molecule has 0 aromatic heterocycles. The number of hydrogen-bond acceptors (Lipinski definition) is 5. The summed E-state index contributed by atoms with van der Waals surface area (Å²) in [5, 5.41) is 8.95. The van der Waals surface area contributed by atoms with Crippen molar-refractivity contribution in [3.63, 3.8) is 0 Å². The van der Waals surface area contributed by atoms with Crippen LogP contribution >= 0.6 is 0 Å². The van der Waals surface area contributed by atoms with Gasteiger partial charge in [-0.2, -0.15) is 4.31 Å². The van der Waals surface area contributed by atoms with Crippen LogP contribution in [-0.2, 0) is 26.1 Å². The quantitative estimate of drug-likeness (QED) is 0.759. The van der Waals surface area contributed by atoms with Gasteiger partial charge in [0.15, 0.2) is 0 Å². The van der Waals surface area contributed by atoms with Crippen molar-refractivity contribution < 1.29 is 23.1 Å². The predicted octanol–water partition coefficient (Wildman–Crippen LogP) is 1.16. The average molecular weight is 384 g/mol. The van der Waals surface area contributed by atoms with Crippen molar-refractivity contribution in [3.8, 4) is 0 Å². The predicted molar refractivity (Wildman–Crippen MR) is 99.7 cm³/mol. The maximum atomic E-state index is 11.8. The normalized spacial score (nSPS) is 19.0. The number of aliphatic carboxylic acids is 1. The number of rotatable bonds is 7. The Hall–Kier alpha value is -1.48. The molecule has 146 valence electrons. The van der Waals surface area contributed by atoms with Gasteiger partial charge in [-0.1, -0.05) is 17.7 Å². The second-order valence-corrected chi connectivity index (χ2v) is 9.04. The molecule has 0 saturated carbocycles. The number of hydrogen-bond donors (Lipinski definition) is 1. The summed E-state index contributed by atoms with van der Waals surface area (Å²) in [6, 6.07) is 4.33. The first-order chi connectivity index (χ1) is 12.1. The van der Waals surface area contributed by atoms with Crippen LogP contribution in [0.25, 0.3) is 0 Å². The molecule has 1 heterocycles. The number of carbonyl (C=O) groups is 1. The van der Waals surface area contributed by atoms with Crippen LogP contribution in [0.3, 0.4) is 0 Å². The first kappa shape index (κ1) is 20.8. The first-order valence-corrected chi connectivity index (χ1v) is 10.5. The summed E-state index contributed by atoms with van der Waals surface area (Å²) < 4.78 is 30.3. The second kappa shape index (κ2) is 8.47. The Labute approximate surface area is 155 Å². The van der Waals surface area contributed by atoms with Crippen LogP contribution in [0.15, 0.2) is 12.1 Å². The van der Waals surface area contributed by atoms with Crippen LogP contribution in [0.5, 0.6) is 0 Å². The Morgan fingerprint density at radius 2 is 1.92 bits per heavy atom. The highest BCUT2D eigenvalue weighted by Gasteiger charge is 2.28. The van der Waals surface area contributed by atoms with Crippen LogP contribution in [0, 0.1) is 20.8 Å². The lowest BCUT2D eigenvalue weighted by molar-refractivity contribution is -0.137.